The maximum Gasteiger partial charge on any atom is 0.223 e. The SMILES string of the molecule is C[C@@]1(CO)[C@@H](CO)O[C@@H](n2cnc3c(Cl)nc(N)nc32)[C@@H]1O. The van der Waals surface area contributed by atoms with Gasteiger partial charge in [-0.05, 0) is 0 Å². The zero-order chi connectivity index (χ0) is 16.1. The van der Waals surface area contributed by atoms with Crippen LogP contribution in [0.25, 0.3) is 11.2 Å². The van der Waals surface area contributed by atoms with Crippen molar-refractivity contribution in [2.24, 2.45) is 5.41 Å². The van der Waals surface area contributed by atoms with E-state index in [2.05, 4.69) is 15.0 Å². The standard InChI is InChI=1S/C12H16ClN5O4/c1-12(3-20)5(2-19)22-10(7(12)21)18-4-15-6-8(13)16-11(14)17-9(6)18/h4-5,7,10,19-21H,2-3H2,1H3,(H2,14,16,17)/t5-,7+,10-,12-/m1/s1. The Hall–Kier alpha value is -1.52. The third-order valence-corrected chi connectivity index (χ3v) is 4.43. The van der Waals surface area contributed by atoms with E-state index < -0.39 is 23.9 Å². The molecule has 9 nitrogen and oxygen atoms in total. The Bertz CT molecular complexity index is 710. The van der Waals surface area contributed by atoms with Crippen molar-refractivity contribution in [3.63, 3.8) is 0 Å². The smallest absolute Gasteiger partial charge is 0.223 e. The van der Waals surface area contributed by atoms with Crippen molar-refractivity contribution in [3.8, 4) is 0 Å². The first-order valence-corrected chi connectivity index (χ1v) is 7.01. The first kappa shape index (κ1) is 15.4. The fourth-order valence-corrected chi connectivity index (χ4v) is 2.88. The first-order chi connectivity index (χ1) is 10.4. The predicted molar refractivity (Wildman–Crippen MR) is 76.9 cm³/mol. The Morgan fingerprint density at radius 3 is 2.77 bits per heavy atom. The van der Waals surface area contributed by atoms with E-state index in [1.54, 1.807) is 6.92 Å². The monoisotopic (exact) mass is 329 g/mol. The van der Waals surface area contributed by atoms with Gasteiger partial charge in [0.15, 0.2) is 17.0 Å². The molecule has 1 saturated heterocycles. The number of hydrogen-bond acceptors (Lipinski definition) is 8. The molecule has 5 N–H and O–H groups in total. The lowest BCUT2D eigenvalue weighted by atomic mass is 9.81. The molecule has 0 radical (unpaired) electrons. The van der Waals surface area contributed by atoms with Crippen LogP contribution in [0.2, 0.25) is 5.15 Å². The lowest BCUT2D eigenvalue weighted by Crippen LogP contribution is -2.42. The number of aliphatic hydroxyl groups excluding tert-OH is 3. The highest BCUT2D eigenvalue weighted by molar-refractivity contribution is 6.33. The van der Waals surface area contributed by atoms with Gasteiger partial charge in [0.25, 0.3) is 0 Å². The second-order valence-electron chi connectivity index (χ2n) is 5.50. The lowest BCUT2D eigenvalue weighted by molar-refractivity contribution is -0.0539. The summed E-state index contributed by atoms with van der Waals surface area (Å²) in [5.41, 5.74) is 5.20. The predicted octanol–water partition coefficient (Wildman–Crippen LogP) is -0.689. The third-order valence-electron chi connectivity index (χ3n) is 4.16. The van der Waals surface area contributed by atoms with Gasteiger partial charge < -0.3 is 25.8 Å². The van der Waals surface area contributed by atoms with Crippen molar-refractivity contribution < 1.29 is 20.1 Å². The van der Waals surface area contributed by atoms with Crippen LogP contribution in [0, 0.1) is 5.41 Å². The molecule has 2 aromatic heterocycles. The average Bonchev–Trinajstić information content (AvgIpc) is 3.00. The second-order valence-corrected chi connectivity index (χ2v) is 5.86. The lowest BCUT2D eigenvalue weighted by Gasteiger charge is -2.29. The van der Waals surface area contributed by atoms with Crippen LogP contribution in [0.3, 0.4) is 0 Å². The molecule has 1 fully saturated rings. The molecule has 0 aliphatic carbocycles. The van der Waals surface area contributed by atoms with Gasteiger partial charge in [-0.15, -0.1) is 0 Å². The molecular weight excluding hydrogens is 314 g/mol. The number of nitrogens with zero attached hydrogens (tertiary/aromatic N) is 4. The van der Waals surface area contributed by atoms with Gasteiger partial charge in [0, 0.05) is 5.41 Å². The summed E-state index contributed by atoms with van der Waals surface area (Å²) in [6.07, 6.45) is -1.30. The van der Waals surface area contributed by atoms with E-state index in [0.717, 1.165) is 0 Å². The maximum absolute atomic E-state index is 10.5. The van der Waals surface area contributed by atoms with Crippen molar-refractivity contribution >= 4 is 28.7 Å². The van der Waals surface area contributed by atoms with E-state index in [9.17, 15) is 15.3 Å². The summed E-state index contributed by atoms with van der Waals surface area (Å²) in [6.45, 7) is 0.948. The zero-order valence-corrected chi connectivity index (χ0v) is 12.5. The molecule has 1 aliphatic rings. The number of imidazole rings is 1. The molecule has 0 amide bonds. The van der Waals surface area contributed by atoms with E-state index in [4.69, 9.17) is 22.1 Å². The van der Waals surface area contributed by atoms with Crippen LogP contribution in [-0.4, -0.2) is 60.3 Å². The van der Waals surface area contributed by atoms with Gasteiger partial charge >= 0.3 is 0 Å². The van der Waals surface area contributed by atoms with Crippen molar-refractivity contribution in [1.29, 1.82) is 0 Å². The Kier molecular flexibility index (Phi) is 3.69. The highest BCUT2D eigenvalue weighted by Crippen LogP contribution is 2.43. The molecule has 0 spiro atoms. The van der Waals surface area contributed by atoms with Crippen LogP contribution in [0.15, 0.2) is 6.33 Å². The zero-order valence-electron chi connectivity index (χ0n) is 11.7. The second kappa shape index (κ2) is 5.28. The summed E-state index contributed by atoms with van der Waals surface area (Å²) in [5.74, 6) is -0.0321. The summed E-state index contributed by atoms with van der Waals surface area (Å²) < 4.78 is 7.15. The minimum absolute atomic E-state index is 0.0321. The van der Waals surface area contributed by atoms with E-state index in [0.29, 0.717) is 11.2 Å². The van der Waals surface area contributed by atoms with Gasteiger partial charge in [0.05, 0.1) is 25.6 Å². The molecule has 3 rings (SSSR count). The first-order valence-electron chi connectivity index (χ1n) is 6.63. The topological polar surface area (TPSA) is 140 Å². The summed E-state index contributed by atoms with van der Waals surface area (Å²) in [4.78, 5) is 12.0. The number of ether oxygens (including phenoxy) is 1. The number of nitrogen functional groups attached to an aromatic ring is 1. The van der Waals surface area contributed by atoms with Crippen LogP contribution in [0.5, 0.6) is 0 Å². The Balaban J connectivity index is 2.09. The number of aliphatic hydroxyl groups is 3. The van der Waals surface area contributed by atoms with Crippen LogP contribution >= 0.6 is 11.6 Å². The molecule has 0 unspecified atom stereocenters. The molecule has 1 aliphatic heterocycles. The fourth-order valence-electron chi connectivity index (χ4n) is 2.66. The minimum atomic E-state index is -1.08. The quantitative estimate of drug-likeness (QED) is 0.543. The number of nitrogens with two attached hydrogens (primary N) is 1. The van der Waals surface area contributed by atoms with Crippen molar-refractivity contribution in [3.05, 3.63) is 11.5 Å². The fraction of sp³-hybridized carbons (Fsp3) is 0.583. The Morgan fingerprint density at radius 2 is 2.18 bits per heavy atom. The van der Waals surface area contributed by atoms with Gasteiger partial charge in [-0.2, -0.15) is 9.97 Å². The van der Waals surface area contributed by atoms with Crippen LogP contribution < -0.4 is 5.73 Å². The number of aromatic nitrogens is 4. The molecule has 22 heavy (non-hydrogen) atoms. The van der Waals surface area contributed by atoms with E-state index in [-0.39, 0.29) is 24.3 Å². The molecule has 0 bridgehead atoms. The molecule has 120 valence electrons. The molecule has 3 heterocycles. The van der Waals surface area contributed by atoms with Gasteiger partial charge in [-0.25, -0.2) is 4.98 Å². The van der Waals surface area contributed by atoms with Crippen molar-refractivity contribution in [2.75, 3.05) is 18.9 Å². The van der Waals surface area contributed by atoms with Crippen LogP contribution in [0.4, 0.5) is 5.95 Å². The highest BCUT2D eigenvalue weighted by atomic mass is 35.5. The highest BCUT2D eigenvalue weighted by Gasteiger charge is 2.53. The average molecular weight is 330 g/mol. The number of hydrogen-bond donors (Lipinski definition) is 4. The Labute approximate surface area is 130 Å². The number of fused-ring (bicyclic) bond motifs is 1. The normalized spacial score (nSPS) is 32.0. The third kappa shape index (κ3) is 2.05. The maximum atomic E-state index is 10.5. The van der Waals surface area contributed by atoms with E-state index in [1.165, 1.54) is 10.9 Å². The number of anilines is 1. The number of halogens is 1. The van der Waals surface area contributed by atoms with Gasteiger partial charge in [-0.1, -0.05) is 18.5 Å². The molecule has 4 atom stereocenters. The van der Waals surface area contributed by atoms with Crippen molar-refractivity contribution in [1.82, 2.24) is 19.5 Å². The minimum Gasteiger partial charge on any atom is -0.396 e. The van der Waals surface area contributed by atoms with Crippen molar-refractivity contribution in [2.45, 2.75) is 25.4 Å². The van der Waals surface area contributed by atoms with Crippen LogP contribution in [0.1, 0.15) is 13.2 Å². The molecule has 10 heteroatoms. The summed E-state index contributed by atoms with van der Waals surface area (Å²) >= 11 is 5.97. The van der Waals surface area contributed by atoms with E-state index >= 15 is 0 Å². The van der Waals surface area contributed by atoms with Gasteiger partial charge in [0.1, 0.15) is 11.6 Å². The molecular formula is C12H16ClN5O4. The summed E-state index contributed by atoms with van der Waals surface area (Å²) in [7, 11) is 0. The molecule has 0 saturated carbocycles. The van der Waals surface area contributed by atoms with Gasteiger partial charge in [-0.3, -0.25) is 4.57 Å². The Morgan fingerprint density at radius 1 is 1.45 bits per heavy atom. The number of rotatable bonds is 3. The van der Waals surface area contributed by atoms with Gasteiger partial charge in [0.2, 0.25) is 5.95 Å². The largest absolute Gasteiger partial charge is 0.396 e. The summed E-state index contributed by atoms with van der Waals surface area (Å²) in [6, 6.07) is 0. The van der Waals surface area contributed by atoms with Crippen LogP contribution in [-0.2, 0) is 4.74 Å². The molecule has 2 aromatic rings. The molecule has 0 aromatic carbocycles. The summed E-state index contributed by atoms with van der Waals surface area (Å²) in [5, 5.41) is 29.6. The van der Waals surface area contributed by atoms with E-state index in [1.807, 2.05) is 0 Å².